The molecule has 0 aliphatic carbocycles. The fourth-order valence-electron chi connectivity index (χ4n) is 2.42. The van der Waals surface area contributed by atoms with Crippen LogP contribution in [0.4, 0.5) is 5.69 Å². The van der Waals surface area contributed by atoms with Gasteiger partial charge in [-0.15, -0.1) is 0 Å². The summed E-state index contributed by atoms with van der Waals surface area (Å²) in [4.78, 5) is 12.4. The average Bonchev–Trinajstić information content (AvgIpc) is 2.66. The van der Waals surface area contributed by atoms with E-state index in [0.717, 1.165) is 11.3 Å². The zero-order valence-electron chi connectivity index (χ0n) is 15.3. The lowest BCUT2D eigenvalue weighted by molar-refractivity contribution is 0.104. The number of anilines is 1. The van der Waals surface area contributed by atoms with Crippen molar-refractivity contribution in [1.29, 1.82) is 0 Å². The summed E-state index contributed by atoms with van der Waals surface area (Å²) in [5, 5.41) is 12.6. The molecule has 2 aromatic rings. The average molecular weight is 357 g/mol. The van der Waals surface area contributed by atoms with Crippen LogP contribution in [0.5, 0.6) is 17.2 Å². The van der Waals surface area contributed by atoms with Crippen LogP contribution in [0.1, 0.15) is 28.9 Å². The molecular formula is C20H23NO5. The van der Waals surface area contributed by atoms with Gasteiger partial charge in [0.05, 0.1) is 27.4 Å². The second-order valence-corrected chi connectivity index (χ2v) is 5.56. The third-order valence-electron chi connectivity index (χ3n) is 3.80. The van der Waals surface area contributed by atoms with Crippen molar-refractivity contribution in [2.75, 3.05) is 26.6 Å². The number of hydrogen-bond acceptors (Lipinski definition) is 6. The van der Waals surface area contributed by atoms with Gasteiger partial charge in [0.15, 0.2) is 17.3 Å². The van der Waals surface area contributed by atoms with Crippen LogP contribution in [0, 0.1) is 0 Å². The molecule has 2 N–H and O–H groups in total. The van der Waals surface area contributed by atoms with Crippen LogP contribution in [0.2, 0.25) is 0 Å². The van der Waals surface area contributed by atoms with Crippen molar-refractivity contribution in [2.24, 2.45) is 0 Å². The molecule has 0 saturated carbocycles. The maximum atomic E-state index is 12.4. The number of carbonyl (C=O) groups is 1. The van der Waals surface area contributed by atoms with E-state index in [2.05, 4.69) is 5.32 Å². The van der Waals surface area contributed by atoms with E-state index >= 15 is 0 Å². The summed E-state index contributed by atoms with van der Waals surface area (Å²) in [7, 11) is 4.50. The van der Waals surface area contributed by atoms with Gasteiger partial charge in [-0.25, -0.2) is 0 Å². The number of rotatable bonds is 8. The topological polar surface area (TPSA) is 77.0 Å². The lowest BCUT2D eigenvalue weighted by Gasteiger charge is -2.13. The number of ketones is 1. The molecule has 2 rings (SSSR count). The largest absolute Gasteiger partial charge is 0.493 e. The molecule has 0 aliphatic heterocycles. The molecule has 0 aromatic heterocycles. The molecule has 6 heteroatoms. The smallest absolute Gasteiger partial charge is 0.203 e. The predicted octanol–water partition coefficient (Wildman–Crippen LogP) is 3.57. The van der Waals surface area contributed by atoms with Gasteiger partial charge in [-0.05, 0) is 36.8 Å². The number of ether oxygens (including phenoxy) is 3. The first-order valence-corrected chi connectivity index (χ1v) is 8.05. The molecule has 0 unspecified atom stereocenters. The Labute approximate surface area is 153 Å². The van der Waals surface area contributed by atoms with E-state index in [0.29, 0.717) is 22.8 Å². The van der Waals surface area contributed by atoms with Gasteiger partial charge < -0.3 is 24.6 Å². The third-order valence-corrected chi connectivity index (χ3v) is 3.80. The van der Waals surface area contributed by atoms with Crippen LogP contribution < -0.4 is 19.5 Å². The molecule has 26 heavy (non-hydrogen) atoms. The first kappa shape index (κ1) is 19.3. The Morgan fingerprint density at radius 1 is 1.08 bits per heavy atom. The molecule has 138 valence electrons. The molecule has 0 radical (unpaired) electrons. The maximum Gasteiger partial charge on any atom is 0.203 e. The van der Waals surface area contributed by atoms with Crippen molar-refractivity contribution in [2.45, 2.75) is 13.0 Å². The van der Waals surface area contributed by atoms with Crippen molar-refractivity contribution in [3.05, 3.63) is 59.8 Å². The minimum atomic E-state index is -0.554. The molecule has 0 saturated heterocycles. The number of nitrogens with one attached hydrogen (secondary N) is 1. The molecule has 2 aromatic carbocycles. The Balaban J connectivity index is 2.17. The zero-order valence-corrected chi connectivity index (χ0v) is 15.3. The number of allylic oxidation sites excluding steroid dienone is 1. The Morgan fingerprint density at radius 3 is 2.27 bits per heavy atom. The maximum absolute atomic E-state index is 12.4. The fourth-order valence-corrected chi connectivity index (χ4v) is 2.42. The van der Waals surface area contributed by atoms with Gasteiger partial charge >= 0.3 is 0 Å². The van der Waals surface area contributed by atoms with E-state index < -0.39 is 6.10 Å². The highest BCUT2D eigenvalue weighted by atomic mass is 16.5. The van der Waals surface area contributed by atoms with E-state index in [1.807, 2.05) is 24.3 Å². The van der Waals surface area contributed by atoms with E-state index in [-0.39, 0.29) is 5.78 Å². The second kappa shape index (κ2) is 8.92. The van der Waals surface area contributed by atoms with Gasteiger partial charge in [-0.2, -0.15) is 0 Å². The van der Waals surface area contributed by atoms with E-state index in [9.17, 15) is 9.90 Å². The van der Waals surface area contributed by atoms with Gasteiger partial charge in [-0.1, -0.05) is 12.1 Å². The summed E-state index contributed by atoms with van der Waals surface area (Å²) in [5.41, 5.74) is 1.98. The molecular weight excluding hydrogens is 334 g/mol. The quantitative estimate of drug-likeness (QED) is 0.555. The van der Waals surface area contributed by atoms with Gasteiger partial charge in [-0.3, -0.25) is 4.79 Å². The number of aliphatic hydroxyl groups excluding tert-OH is 1. The Morgan fingerprint density at radius 2 is 1.73 bits per heavy atom. The van der Waals surface area contributed by atoms with E-state index in [1.165, 1.54) is 27.4 Å². The summed E-state index contributed by atoms with van der Waals surface area (Å²) < 4.78 is 15.8. The highest BCUT2D eigenvalue weighted by molar-refractivity contribution is 6.05. The standard InChI is InChI=1S/C20H23NO5/c1-13(22)14-6-5-7-16(10-14)21-9-8-17(23)15-11-18(24-2)20(26-4)19(12-15)25-3/h5-13,21-22H,1-4H3/b9-8+/t13-/m1/s1. The molecule has 0 bridgehead atoms. The molecule has 0 amide bonds. The minimum Gasteiger partial charge on any atom is -0.493 e. The van der Waals surface area contributed by atoms with E-state index in [1.54, 1.807) is 25.3 Å². The summed E-state index contributed by atoms with van der Waals surface area (Å²) >= 11 is 0. The highest BCUT2D eigenvalue weighted by Gasteiger charge is 2.15. The Hall–Kier alpha value is -2.99. The zero-order chi connectivity index (χ0) is 19.1. The number of aliphatic hydroxyl groups is 1. The van der Waals surface area contributed by atoms with Crippen molar-refractivity contribution < 1.29 is 24.1 Å². The summed E-state index contributed by atoms with van der Waals surface area (Å²) in [6.07, 6.45) is 2.41. The first-order chi connectivity index (χ1) is 12.5. The number of carbonyl (C=O) groups excluding carboxylic acids is 1. The molecule has 0 spiro atoms. The van der Waals surface area contributed by atoms with Crippen molar-refractivity contribution in [3.8, 4) is 17.2 Å². The fraction of sp³-hybridized carbons (Fsp3) is 0.250. The lowest BCUT2D eigenvalue weighted by atomic mass is 10.1. The SMILES string of the molecule is COc1cc(C(=O)/C=C/Nc2cccc([C@@H](C)O)c2)cc(OC)c1OC. The summed E-state index contributed by atoms with van der Waals surface area (Å²) in [6, 6.07) is 10.5. The predicted molar refractivity (Wildman–Crippen MR) is 100 cm³/mol. The second-order valence-electron chi connectivity index (χ2n) is 5.56. The molecule has 1 atom stereocenters. The van der Waals surface area contributed by atoms with Gasteiger partial charge in [0, 0.05) is 23.5 Å². The molecule has 0 heterocycles. The summed E-state index contributed by atoms with van der Waals surface area (Å²) in [6.45, 7) is 1.70. The highest BCUT2D eigenvalue weighted by Crippen LogP contribution is 2.38. The van der Waals surface area contributed by atoms with Crippen LogP contribution in [0.25, 0.3) is 0 Å². The van der Waals surface area contributed by atoms with Crippen molar-refractivity contribution in [3.63, 3.8) is 0 Å². The third kappa shape index (κ3) is 4.55. The Kier molecular flexibility index (Phi) is 6.63. The van der Waals surface area contributed by atoms with Crippen LogP contribution in [0.15, 0.2) is 48.7 Å². The van der Waals surface area contributed by atoms with E-state index in [4.69, 9.17) is 14.2 Å². The van der Waals surface area contributed by atoms with Crippen LogP contribution >= 0.6 is 0 Å². The Bertz CT molecular complexity index is 774. The first-order valence-electron chi connectivity index (χ1n) is 8.05. The summed E-state index contributed by atoms with van der Waals surface area (Å²) in [5.74, 6) is 1.05. The van der Waals surface area contributed by atoms with Crippen LogP contribution in [-0.2, 0) is 0 Å². The van der Waals surface area contributed by atoms with Crippen LogP contribution in [0.3, 0.4) is 0 Å². The monoisotopic (exact) mass is 357 g/mol. The van der Waals surface area contributed by atoms with Gasteiger partial charge in [0.25, 0.3) is 0 Å². The minimum absolute atomic E-state index is 0.219. The van der Waals surface area contributed by atoms with Crippen molar-refractivity contribution >= 4 is 11.5 Å². The van der Waals surface area contributed by atoms with Gasteiger partial charge in [0.2, 0.25) is 5.75 Å². The van der Waals surface area contributed by atoms with Crippen molar-refractivity contribution in [1.82, 2.24) is 0 Å². The lowest BCUT2D eigenvalue weighted by Crippen LogP contribution is -2.01. The van der Waals surface area contributed by atoms with Crippen LogP contribution in [-0.4, -0.2) is 32.2 Å². The van der Waals surface area contributed by atoms with Gasteiger partial charge in [0.1, 0.15) is 0 Å². The molecule has 0 fully saturated rings. The number of hydrogen-bond donors (Lipinski definition) is 2. The molecule has 0 aliphatic rings. The number of methoxy groups -OCH3 is 3. The molecule has 6 nitrogen and oxygen atoms in total. The number of benzene rings is 2. The normalized spacial score (nSPS) is 11.9.